The Hall–Kier alpha value is -3.56. The summed E-state index contributed by atoms with van der Waals surface area (Å²) in [5.74, 6) is 0.519. The molecular weight excluding hydrogens is 378 g/mol. The molecule has 6 heteroatoms. The second-order valence-corrected chi connectivity index (χ2v) is 7.51. The molecule has 3 rings (SSSR count). The molecule has 2 N–H and O–H groups in total. The third-order valence-electron chi connectivity index (χ3n) is 4.83. The molecule has 1 heterocycles. The second kappa shape index (κ2) is 9.29. The van der Waals surface area contributed by atoms with Gasteiger partial charge in [0.15, 0.2) is 0 Å². The van der Waals surface area contributed by atoms with Crippen molar-refractivity contribution in [3.8, 4) is 17.4 Å². The highest BCUT2D eigenvalue weighted by molar-refractivity contribution is 6.01. The summed E-state index contributed by atoms with van der Waals surface area (Å²) in [6.07, 6.45) is 1.42. The summed E-state index contributed by atoms with van der Waals surface area (Å²) in [5, 5.41) is 23.2. The summed E-state index contributed by atoms with van der Waals surface area (Å²) in [5.41, 5.74) is 2.01. The normalized spacial score (nSPS) is 12.4. The number of hydrogen-bond donors (Lipinski definition) is 2. The molecule has 0 radical (unpaired) electrons. The Morgan fingerprint density at radius 2 is 1.93 bits per heavy atom. The lowest BCUT2D eigenvalue weighted by atomic mass is 10.0. The lowest BCUT2D eigenvalue weighted by molar-refractivity contribution is -0.117. The summed E-state index contributed by atoms with van der Waals surface area (Å²) < 4.78 is 5.85. The molecule has 6 nitrogen and oxygen atoms in total. The van der Waals surface area contributed by atoms with Crippen molar-refractivity contribution in [2.45, 2.75) is 6.92 Å². The van der Waals surface area contributed by atoms with E-state index in [-0.39, 0.29) is 18.1 Å². The van der Waals surface area contributed by atoms with E-state index in [1.54, 1.807) is 13.0 Å². The smallest absolute Gasteiger partial charge is 0.262 e. The fourth-order valence-corrected chi connectivity index (χ4v) is 2.97. The van der Waals surface area contributed by atoms with E-state index >= 15 is 0 Å². The molecule has 0 aliphatic rings. The molecule has 0 spiro atoms. The number of fused-ring (bicyclic) bond motifs is 1. The van der Waals surface area contributed by atoms with Crippen LogP contribution in [-0.2, 0) is 4.79 Å². The Bertz CT molecular complexity index is 1120. The molecule has 0 fully saturated rings. The molecule has 1 atom stereocenters. The van der Waals surface area contributed by atoms with Gasteiger partial charge in [-0.3, -0.25) is 4.79 Å². The average Bonchev–Trinajstić information content (AvgIpc) is 3.23. The van der Waals surface area contributed by atoms with Gasteiger partial charge in [-0.2, -0.15) is 5.26 Å². The number of carbonyl (C=O) groups is 1. The van der Waals surface area contributed by atoms with Crippen molar-refractivity contribution in [3.63, 3.8) is 0 Å². The lowest BCUT2D eigenvalue weighted by Gasteiger charge is -2.13. The van der Waals surface area contributed by atoms with E-state index in [0.717, 1.165) is 22.0 Å². The number of furan rings is 1. The second-order valence-electron chi connectivity index (χ2n) is 7.51. The predicted molar refractivity (Wildman–Crippen MR) is 119 cm³/mol. The first-order valence-corrected chi connectivity index (χ1v) is 9.73. The van der Waals surface area contributed by atoms with Crippen molar-refractivity contribution in [2.24, 2.45) is 5.92 Å². The number of nitriles is 1. The molecule has 1 unspecified atom stereocenters. The zero-order chi connectivity index (χ0) is 21.7. The largest absolute Gasteiger partial charge is 0.457 e. The van der Waals surface area contributed by atoms with Gasteiger partial charge >= 0.3 is 0 Å². The van der Waals surface area contributed by atoms with Crippen molar-refractivity contribution in [1.82, 2.24) is 5.32 Å². The molecule has 0 aliphatic carbocycles. The van der Waals surface area contributed by atoms with Gasteiger partial charge in [-0.05, 0) is 47.0 Å². The maximum absolute atomic E-state index is 12.2. The molecule has 0 bridgehead atoms. The van der Waals surface area contributed by atoms with Crippen LogP contribution < -0.4 is 10.2 Å². The summed E-state index contributed by atoms with van der Waals surface area (Å²) in [6, 6.07) is 17.8. The van der Waals surface area contributed by atoms with Crippen LogP contribution in [0.4, 0.5) is 5.69 Å². The van der Waals surface area contributed by atoms with Gasteiger partial charge in [0.2, 0.25) is 0 Å². The van der Waals surface area contributed by atoms with Gasteiger partial charge in [0.1, 0.15) is 23.2 Å². The van der Waals surface area contributed by atoms with E-state index in [1.807, 2.05) is 38.4 Å². The van der Waals surface area contributed by atoms with Gasteiger partial charge in [0.25, 0.3) is 5.91 Å². The van der Waals surface area contributed by atoms with Crippen LogP contribution in [0.15, 0.2) is 58.5 Å². The van der Waals surface area contributed by atoms with Gasteiger partial charge < -0.3 is 19.7 Å². The van der Waals surface area contributed by atoms with E-state index in [0.29, 0.717) is 18.1 Å². The van der Waals surface area contributed by atoms with Crippen LogP contribution in [0, 0.1) is 17.2 Å². The maximum atomic E-state index is 12.2. The van der Waals surface area contributed by atoms with Crippen molar-refractivity contribution in [1.29, 1.82) is 5.26 Å². The quantitative estimate of drug-likeness (QED) is 0.462. The number of hydrogen-bond acceptors (Lipinski definition) is 5. The number of nitrogens with zero attached hydrogens (tertiary/aromatic N) is 2. The Morgan fingerprint density at radius 3 is 2.63 bits per heavy atom. The predicted octanol–water partition coefficient (Wildman–Crippen LogP) is 3.82. The van der Waals surface area contributed by atoms with Gasteiger partial charge in [-0.25, -0.2) is 0 Å². The van der Waals surface area contributed by atoms with Crippen molar-refractivity contribution < 1.29 is 14.3 Å². The molecule has 0 aliphatic heterocycles. The van der Waals surface area contributed by atoms with Gasteiger partial charge in [-0.15, -0.1) is 0 Å². The van der Waals surface area contributed by atoms with E-state index in [2.05, 4.69) is 34.5 Å². The first kappa shape index (κ1) is 21.2. The summed E-state index contributed by atoms with van der Waals surface area (Å²) in [7, 11) is 4.02. The SMILES string of the molecule is CC(CO)CNC(=O)/C(C#N)=C/c1ccc(-c2ccc3cc(N(C)C)ccc3c2)o1. The van der Waals surface area contributed by atoms with Crippen LogP contribution in [-0.4, -0.2) is 38.3 Å². The van der Waals surface area contributed by atoms with E-state index in [1.165, 1.54) is 6.08 Å². The summed E-state index contributed by atoms with van der Waals surface area (Å²) in [4.78, 5) is 14.2. The third kappa shape index (κ3) is 4.88. The van der Waals surface area contributed by atoms with Crippen LogP contribution in [0.5, 0.6) is 0 Å². The Labute approximate surface area is 176 Å². The third-order valence-corrected chi connectivity index (χ3v) is 4.83. The number of aliphatic hydroxyl groups is 1. The highest BCUT2D eigenvalue weighted by Gasteiger charge is 2.12. The van der Waals surface area contributed by atoms with Gasteiger partial charge in [0.05, 0.1) is 0 Å². The Kier molecular flexibility index (Phi) is 6.55. The number of rotatable bonds is 7. The molecule has 2 aromatic carbocycles. The molecule has 154 valence electrons. The monoisotopic (exact) mass is 403 g/mol. The molecule has 30 heavy (non-hydrogen) atoms. The van der Waals surface area contributed by atoms with Crippen LogP contribution >= 0.6 is 0 Å². The van der Waals surface area contributed by atoms with E-state index in [9.17, 15) is 10.1 Å². The van der Waals surface area contributed by atoms with Crippen molar-refractivity contribution >= 4 is 28.4 Å². The van der Waals surface area contributed by atoms with Crippen molar-refractivity contribution in [3.05, 3.63) is 59.9 Å². The molecule has 0 saturated carbocycles. The van der Waals surface area contributed by atoms with Gasteiger partial charge in [0, 0.05) is 44.6 Å². The van der Waals surface area contributed by atoms with Crippen LogP contribution in [0.25, 0.3) is 28.2 Å². The first-order valence-electron chi connectivity index (χ1n) is 9.73. The lowest BCUT2D eigenvalue weighted by Crippen LogP contribution is -2.30. The Balaban J connectivity index is 1.81. The standard InChI is InChI=1S/C24H25N3O3/c1-16(15-28)14-26-24(29)20(13-25)12-22-8-9-23(30-22)19-5-4-18-11-21(27(2)3)7-6-17(18)10-19/h4-12,16,28H,14-15H2,1-3H3,(H,26,29)/b20-12+. The highest BCUT2D eigenvalue weighted by Crippen LogP contribution is 2.28. The zero-order valence-electron chi connectivity index (χ0n) is 17.3. The summed E-state index contributed by atoms with van der Waals surface area (Å²) in [6.45, 7) is 2.07. The highest BCUT2D eigenvalue weighted by atomic mass is 16.3. The minimum Gasteiger partial charge on any atom is -0.457 e. The molecule has 0 saturated heterocycles. The number of carbonyl (C=O) groups excluding carboxylic acids is 1. The number of nitrogens with one attached hydrogen (secondary N) is 1. The summed E-state index contributed by atoms with van der Waals surface area (Å²) >= 11 is 0. The van der Waals surface area contributed by atoms with Crippen LogP contribution in [0.1, 0.15) is 12.7 Å². The number of anilines is 1. The van der Waals surface area contributed by atoms with Crippen LogP contribution in [0.2, 0.25) is 0 Å². The molecular formula is C24H25N3O3. The first-order chi connectivity index (χ1) is 14.4. The fraction of sp³-hybridized carbons (Fsp3) is 0.250. The number of amides is 1. The Morgan fingerprint density at radius 1 is 1.20 bits per heavy atom. The topological polar surface area (TPSA) is 89.5 Å². The zero-order valence-corrected chi connectivity index (χ0v) is 17.3. The van der Waals surface area contributed by atoms with Crippen molar-refractivity contribution in [2.75, 3.05) is 32.1 Å². The number of aliphatic hydroxyl groups excluding tert-OH is 1. The van der Waals surface area contributed by atoms with Crippen LogP contribution in [0.3, 0.4) is 0 Å². The minimum atomic E-state index is -0.488. The maximum Gasteiger partial charge on any atom is 0.262 e. The van der Waals surface area contributed by atoms with E-state index in [4.69, 9.17) is 9.52 Å². The molecule has 3 aromatic rings. The molecule has 1 aromatic heterocycles. The minimum absolute atomic E-state index is 0.0321. The number of benzene rings is 2. The van der Waals surface area contributed by atoms with Gasteiger partial charge in [-0.1, -0.05) is 25.1 Å². The molecule has 1 amide bonds. The average molecular weight is 403 g/mol. The van der Waals surface area contributed by atoms with E-state index < -0.39 is 5.91 Å². The fourth-order valence-electron chi connectivity index (χ4n) is 2.97.